The van der Waals surface area contributed by atoms with Crippen LogP contribution < -0.4 is 11.1 Å². The Kier molecular flexibility index (Phi) is 6.03. The number of carbonyl (C=O) groups excluding carboxylic acids is 1. The molecule has 0 saturated carbocycles. The lowest BCUT2D eigenvalue weighted by atomic mass is 10.2. The highest BCUT2D eigenvalue weighted by atomic mass is 35.5. The van der Waals surface area contributed by atoms with Crippen molar-refractivity contribution in [3.8, 4) is 0 Å². The van der Waals surface area contributed by atoms with Crippen LogP contribution in [0.4, 0.5) is 11.1 Å². The van der Waals surface area contributed by atoms with Gasteiger partial charge in [0.25, 0.3) is 0 Å². The Bertz CT molecular complexity index is 951. The average Bonchev–Trinajstić information content (AvgIpc) is 3.15. The molecule has 3 aromatic rings. The third-order valence-corrected chi connectivity index (χ3v) is 6.38. The van der Waals surface area contributed by atoms with E-state index in [0.29, 0.717) is 21.1 Å². The summed E-state index contributed by atoms with van der Waals surface area (Å²) in [6.45, 7) is 5.63. The Morgan fingerprint density at radius 1 is 1.37 bits per heavy atom. The van der Waals surface area contributed by atoms with Crippen molar-refractivity contribution in [1.29, 1.82) is 0 Å². The summed E-state index contributed by atoms with van der Waals surface area (Å²) in [7, 11) is 0. The number of rotatable bonds is 6. The van der Waals surface area contributed by atoms with Crippen LogP contribution in [0.5, 0.6) is 0 Å². The summed E-state index contributed by atoms with van der Waals surface area (Å²) in [6.07, 6.45) is 0. The van der Waals surface area contributed by atoms with Crippen LogP contribution in [-0.4, -0.2) is 25.7 Å². The number of thiazole rings is 1. The molecule has 1 aromatic carbocycles. The van der Waals surface area contributed by atoms with Crippen LogP contribution in [0.3, 0.4) is 0 Å². The normalized spacial score (nSPS) is 12.1. The van der Waals surface area contributed by atoms with Gasteiger partial charge in [-0.3, -0.25) is 9.36 Å². The topological polar surface area (TPSA) is 98.7 Å². The Morgan fingerprint density at radius 3 is 2.78 bits per heavy atom. The molecule has 0 saturated heterocycles. The fourth-order valence-electron chi connectivity index (χ4n) is 2.36. The summed E-state index contributed by atoms with van der Waals surface area (Å²) >= 11 is 9.07. The molecule has 142 valence electrons. The van der Waals surface area contributed by atoms with Crippen LogP contribution in [0.1, 0.15) is 29.1 Å². The van der Waals surface area contributed by atoms with Gasteiger partial charge in [0.05, 0.1) is 5.69 Å². The number of hydrogen-bond donors (Lipinski definition) is 2. The maximum Gasteiger partial charge on any atom is 0.249 e. The number of nitrogens with one attached hydrogen (secondary N) is 1. The Balaban J connectivity index is 1.74. The highest BCUT2D eigenvalue weighted by Crippen LogP contribution is 2.29. The van der Waals surface area contributed by atoms with Crippen LogP contribution in [0.25, 0.3) is 0 Å². The van der Waals surface area contributed by atoms with E-state index in [1.165, 1.54) is 23.1 Å². The van der Waals surface area contributed by atoms with E-state index in [9.17, 15) is 4.79 Å². The van der Waals surface area contributed by atoms with Gasteiger partial charge in [-0.1, -0.05) is 41.6 Å². The van der Waals surface area contributed by atoms with E-state index in [2.05, 4.69) is 20.5 Å². The number of nitrogens with zero attached hydrogens (tertiary/aromatic N) is 4. The number of anilines is 2. The molecule has 0 aliphatic rings. The molecular weight excluding hydrogens is 404 g/mol. The molecule has 0 spiro atoms. The maximum absolute atomic E-state index is 12.7. The van der Waals surface area contributed by atoms with Crippen molar-refractivity contribution in [2.75, 3.05) is 11.1 Å². The first-order valence-corrected chi connectivity index (χ1v) is 10.4. The average molecular weight is 423 g/mol. The molecule has 10 heteroatoms. The predicted molar refractivity (Wildman–Crippen MR) is 110 cm³/mol. The fraction of sp³-hybridized carbons (Fsp3) is 0.294. The second-order valence-corrected chi connectivity index (χ2v) is 8.47. The van der Waals surface area contributed by atoms with E-state index in [0.717, 1.165) is 16.1 Å². The number of thioether (sulfide) groups is 1. The zero-order valence-electron chi connectivity index (χ0n) is 15.1. The highest BCUT2D eigenvalue weighted by molar-refractivity contribution is 7.98. The molecule has 0 aliphatic carbocycles. The second-order valence-electron chi connectivity index (χ2n) is 5.92. The van der Waals surface area contributed by atoms with E-state index in [1.807, 2.05) is 38.1 Å². The lowest BCUT2D eigenvalue weighted by molar-refractivity contribution is -0.118. The number of nitrogens with two attached hydrogens (primary N) is 1. The number of aryl methyl sites for hydroxylation is 2. The first kappa shape index (κ1) is 19.7. The first-order valence-electron chi connectivity index (χ1n) is 8.18. The summed E-state index contributed by atoms with van der Waals surface area (Å²) in [4.78, 5) is 18.1. The molecule has 3 rings (SSSR count). The first-order chi connectivity index (χ1) is 12.9. The second kappa shape index (κ2) is 8.28. The van der Waals surface area contributed by atoms with Crippen molar-refractivity contribution >= 4 is 51.7 Å². The maximum atomic E-state index is 12.7. The van der Waals surface area contributed by atoms with Gasteiger partial charge in [0.15, 0.2) is 10.3 Å². The molecular formula is C17H19ClN6OS2. The summed E-state index contributed by atoms with van der Waals surface area (Å²) in [5, 5.41) is 12.7. The van der Waals surface area contributed by atoms with Crippen molar-refractivity contribution in [3.63, 3.8) is 0 Å². The van der Waals surface area contributed by atoms with E-state index < -0.39 is 6.04 Å². The molecule has 2 aromatic heterocycles. The van der Waals surface area contributed by atoms with Gasteiger partial charge in [-0.2, -0.15) is 0 Å². The summed E-state index contributed by atoms with van der Waals surface area (Å²) in [5.74, 6) is 0.553. The Hall–Kier alpha value is -2.10. The molecule has 3 N–H and O–H groups in total. The van der Waals surface area contributed by atoms with Crippen LogP contribution in [0.15, 0.2) is 29.4 Å². The smallest absolute Gasteiger partial charge is 0.249 e. The number of aromatic nitrogens is 4. The Morgan fingerprint density at radius 2 is 2.11 bits per heavy atom. The molecule has 2 heterocycles. The number of halogens is 1. The molecule has 0 bridgehead atoms. The van der Waals surface area contributed by atoms with Crippen LogP contribution in [0.2, 0.25) is 5.02 Å². The van der Waals surface area contributed by atoms with Crippen molar-refractivity contribution < 1.29 is 4.79 Å². The lowest BCUT2D eigenvalue weighted by Gasteiger charge is -2.15. The van der Waals surface area contributed by atoms with E-state index in [1.54, 1.807) is 11.5 Å². The van der Waals surface area contributed by atoms with Gasteiger partial charge in [-0.15, -0.1) is 21.5 Å². The standard InChI is InChI=1S/C17H19ClN6OS2/c1-9-11(3)27-16(20-9)21-14(25)10(2)24-15(19)22-23-17(24)26-8-12-6-4-5-7-13(12)18/h4-7,10H,8H2,1-3H3,(H2,19,22)(H,20,21,25). The monoisotopic (exact) mass is 422 g/mol. The van der Waals surface area contributed by atoms with Gasteiger partial charge in [-0.05, 0) is 32.4 Å². The Labute approximate surface area is 170 Å². The van der Waals surface area contributed by atoms with E-state index in [4.69, 9.17) is 17.3 Å². The summed E-state index contributed by atoms with van der Waals surface area (Å²) < 4.78 is 1.62. The third-order valence-electron chi connectivity index (χ3n) is 4.03. The van der Waals surface area contributed by atoms with Crippen LogP contribution >= 0.6 is 34.7 Å². The zero-order valence-corrected chi connectivity index (χ0v) is 17.5. The molecule has 0 radical (unpaired) electrons. The molecule has 0 fully saturated rings. The fourth-order valence-corrected chi connectivity index (χ4v) is 4.49. The van der Waals surface area contributed by atoms with Crippen molar-refractivity contribution in [3.05, 3.63) is 45.4 Å². The van der Waals surface area contributed by atoms with Crippen molar-refractivity contribution in [2.45, 2.75) is 37.7 Å². The molecule has 0 aliphatic heterocycles. The third kappa shape index (κ3) is 4.42. The van der Waals surface area contributed by atoms with Crippen molar-refractivity contribution in [1.82, 2.24) is 19.7 Å². The SMILES string of the molecule is Cc1nc(NC(=O)C(C)n2c(N)nnc2SCc2ccccc2Cl)sc1C. The van der Waals surface area contributed by atoms with Gasteiger partial charge in [0.1, 0.15) is 6.04 Å². The zero-order chi connectivity index (χ0) is 19.6. The summed E-state index contributed by atoms with van der Waals surface area (Å²) in [5.41, 5.74) is 7.84. The lowest BCUT2D eigenvalue weighted by Crippen LogP contribution is -2.25. The van der Waals surface area contributed by atoms with Crippen LogP contribution in [-0.2, 0) is 10.5 Å². The van der Waals surface area contributed by atoms with Gasteiger partial charge in [-0.25, -0.2) is 4.98 Å². The molecule has 1 atom stereocenters. The van der Waals surface area contributed by atoms with Crippen LogP contribution in [0, 0.1) is 13.8 Å². The molecule has 1 unspecified atom stereocenters. The number of benzene rings is 1. The van der Waals surface area contributed by atoms with Crippen molar-refractivity contribution in [2.24, 2.45) is 0 Å². The number of amides is 1. The van der Waals surface area contributed by atoms with Gasteiger partial charge >= 0.3 is 0 Å². The number of hydrogen-bond acceptors (Lipinski definition) is 7. The van der Waals surface area contributed by atoms with Gasteiger partial charge in [0.2, 0.25) is 11.9 Å². The number of carbonyl (C=O) groups is 1. The van der Waals surface area contributed by atoms with Gasteiger partial charge < -0.3 is 11.1 Å². The molecule has 1 amide bonds. The molecule has 7 nitrogen and oxygen atoms in total. The minimum absolute atomic E-state index is 0.186. The highest BCUT2D eigenvalue weighted by Gasteiger charge is 2.23. The number of nitrogen functional groups attached to an aromatic ring is 1. The minimum atomic E-state index is -0.585. The minimum Gasteiger partial charge on any atom is -0.368 e. The largest absolute Gasteiger partial charge is 0.368 e. The van der Waals surface area contributed by atoms with E-state index in [-0.39, 0.29) is 11.9 Å². The van der Waals surface area contributed by atoms with Gasteiger partial charge in [0, 0.05) is 15.7 Å². The molecule has 27 heavy (non-hydrogen) atoms. The summed E-state index contributed by atoms with van der Waals surface area (Å²) in [6, 6.07) is 7.01. The van der Waals surface area contributed by atoms with E-state index >= 15 is 0 Å². The quantitative estimate of drug-likeness (QED) is 0.580. The predicted octanol–water partition coefficient (Wildman–Crippen LogP) is 4.08.